The van der Waals surface area contributed by atoms with Crippen molar-refractivity contribution in [2.24, 2.45) is 0 Å². The van der Waals surface area contributed by atoms with Crippen LogP contribution in [-0.4, -0.2) is 29.9 Å². The average molecular weight is 149 g/mol. The number of pyridine rings is 1. The average Bonchev–Trinajstić information content (AvgIpc) is 2.05. The van der Waals surface area contributed by atoms with Gasteiger partial charge in [-0.3, -0.25) is 9.78 Å². The summed E-state index contributed by atoms with van der Waals surface area (Å²) in [6, 6.07) is 6.15. The van der Waals surface area contributed by atoms with Crippen LogP contribution in [0.4, 0.5) is 0 Å². The van der Waals surface area contributed by atoms with Gasteiger partial charge in [-0.25, -0.2) is 0 Å². The number of carbonyl (C=O) groups is 1. The van der Waals surface area contributed by atoms with Crippen LogP contribution in [-0.2, 0) is 0 Å². The first kappa shape index (κ1) is 7.72. The minimum absolute atomic E-state index is 0.120. The summed E-state index contributed by atoms with van der Waals surface area (Å²) in [6.07, 6.45) is 1.58. The predicted octanol–water partition coefficient (Wildman–Crippen LogP) is 0.584. The van der Waals surface area contributed by atoms with Gasteiger partial charge in [0.2, 0.25) is 0 Å². The Bertz CT molecular complexity index is 244. The molecule has 1 heterocycles. The summed E-state index contributed by atoms with van der Waals surface area (Å²) in [5.41, 5.74) is 0.359. The lowest BCUT2D eigenvalue weighted by atomic mass is 10.3. The second-order valence-electron chi connectivity index (χ2n) is 2.33. The predicted molar refractivity (Wildman–Crippen MR) is 41.1 cm³/mol. The van der Waals surface area contributed by atoms with Gasteiger partial charge < -0.3 is 4.90 Å². The molecule has 0 bridgehead atoms. The molecule has 3 nitrogen and oxygen atoms in total. The van der Waals surface area contributed by atoms with Gasteiger partial charge in [0.15, 0.2) is 0 Å². The second kappa shape index (κ2) is 3.14. The first-order valence-corrected chi connectivity index (χ1v) is 3.26. The summed E-state index contributed by atoms with van der Waals surface area (Å²) in [5, 5.41) is 0. The van der Waals surface area contributed by atoms with Crippen LogP contribution in [0.3, 0.4) is 0 Å². The normalized spacial score (nSPS) is 9.27. The minimum atomic E-state index is -0.120. The fourth-order valence-corrected chi connectivity index (χ4v) is 0.654. The molecule has 0 spiro atoms. The molecule has 0 aliphatic heterocycles. The summed E-state index contributed by atoms with van der Waals surface area (Å²) in [6.45, 7) is 0. The highest BCUT2D eigenvalue weighted by Crippen LogP contribution is 1.94. The van der Waals surface area contributed by atoms with E-state index in [4.69, 9.17) is 0 Å². The zero-order valence-corrected chi connectivity index (χ0v) is 6.53. The zero-order chi connectivity index (χ0) is 8.27. The quantitative estimate of drug-likeness (QED) is 0.585. The molecule has 0 aliphatic rings. The largest absolute Gasteiger partial charge is 0.343 e. The van der Waals surface area contributed by atoms with E-state index < -0.39 is 0 Å². The topological polar surface area (TPSA) is 33.2 Å². The Kier molecular flexibility index (Phi) is 2.21. The van der Waals surface area contributed by atoms with E-state index in [0.29, 0.717) is 5.69 Å². The summed E-state index contributed by atoms with van der Waals surface area (Å²) in [4.78, 5) is 16.5. The molecular weight excluding hydrogens is 140 g/mol. The molecule has 0 atom stereocenters. The van der Waals surface area contributed by atoms with Crippen LogP contribution in [0, 0.1) is 6.07 Å². The number of hydrogen-bond acceptors (Lipinski definition) is 2. The molecule has 11 heavy (non-hydrogen) atoms. The molecule has 1 aromatic rings. The van der Waals surface area contributed by atoms with Crippen LogP contribution in [0.25, 0.3) is 0 Å². The number of rotatable bonds is 1. The Labute approximate surface area is 65.7 Å². The maximum atomic E-state index is 11.2. The van der Waals surface area contributed by atoms with Gasteiger partial charge in [-0.15, -0.1) is 0 Å². The Morgan fingerprint density at radius 1 is 1.64 bits per heavy atom. The maximum absolute atomic E-state index is 11.2. The lowest BCUT2D eigenvalue weighted by Crippen LogP contribution is -2.22. The lowest BCUT2D eigenvalue weighted by Gasteiger charge is -2.07. The highest BCUT2D eigenvalue weighted by Gasteiger charge is 2.07. The third-order valence-electron chi connectivity index (χ3n) is 1.21. The van der Waals surface area contributed by atoms with Crippen molar-refractivity contribution in [3.63, 3.8) is 0 Å². The van der Waals surface area contributed by atoms with E-state index in [-0.39, 0.29) is 5.91 Å². The van der Waals surface area contributed by atoms with Crippen molar-refractivity contribution < 1.29 is 4.79 Å². The first-order valence-electron chi connectivity index (χ1n) is 3.26. The Balaban J connectivity index is 2.86. The third kappa shape index (κ3) is 1.77. The fourth-order valence-electron chi connectivity index (χ4n) is 0.654. The molecule has 1 radical (unpaired) electrons. The van der Waals surface area contributed by atoms with E-state index in [1.165, 1.54) is 4.90 Å². The molecule has 1 rings (SSSR count). The van der Waals surface area contributed by atoms with Crippen molar-refractivity contribution in [3.8, 4) is 0 Å². The van der Waals surface area contributed by atoms with Crippen molar-refractivity contribution in [2.45, 2.75) is 0 Å². The molecule has 0 aliphatic carbocycles. The van der Waals surface area contributed by atoms with Crippen molar-refractivity contribution in [3.05, 3.63) is 30.1 Å². The number of hydrogen-bond donors (Lipinski definition) is 0. The van der Waals surface area contributed by atoms with E-state index in [2.05, 4.69) is 11.1 Å². The van der Waals surface area contributed by atoms with Crippen LogP contribution in [0.2, 0.25) is 0 Å². The van der Waals surface area contributed by atoms with Crippen LogP contribution >= 0.6 is 0 Å². The SMILES string of the molecule is CN(C)C(=O)c1[c]cccn1. The van der Waals surface area contributed by atoms with E-state index in [0.717, 1.165) is 0 Å². The number of aromatic nitrogens is 1. The van der Waals surface area contributed by atoms with E-state index in [9.17, 15) is 4.79 Å². The van der Waals surface area contributed by atoms with E-state index in [1.54, 1.807) is 32.4 Å². The first-order chi connectivity index (χ1) is 5.22. The summed E-state index contributed by atoms with van der Waals surface area (Å²) in [5.74, 6) is -0.120. The molecule has 1 amide bonds. The monoisotopic (exact) mass is 149 g/mol. The molecular formula is C8H9N2O. The summed E-state index contributed by atoms with van der Waals surface area (Å²) >= 11 is 0. The van der Waals surface area contributed by atoms with Gasteiger partial charge in [-0.2, -0.15) is 0 Å². The second-order valence-corrected chi connectivity index (χ2v) is 2.33. The van der Waals surface area contributed by atoms with E-state index >= 15 is 0 Å². The molecule has 57 valence electrons. The van der Waals surface area contributed by atoms with Crippen molar-refractivity contribution >= 4 is 5.91 Å². The number of nitrogens with zero attached hydrogens (tertiary/aromatic N) is 2. The third-order valence-corrected chi connectivity index (χ3v) is 1.21. The van der Waals surface area contributed by atoms with Crippen molar-refractivity contribution in [1.82, 2.24) is 9.88 Å². The Morgan fingerprint density at radius 3 is 2.82 bits per heavy atom. The van der Waals surface area contributed by atoms with Gasteiger partial charge in [-0.1, -0.05) is 6.07 Å². The Hall–Kier alpha value is -1.38. The molecule has 0 aromatic carbocycles. The van der Waals surface area contributed by atoms with Crippen LogP contribution < -0.4 is 0 Å². The summed E-state index contributed by atoms with van der Waals surface area (Å²) in [7, 11) is 3.37. The molecule has 0 saturated carbocycles. The van der Waals surface area contributed by atoms with Crippen molar-refractivity contribution in [1.29, 1.82) is 0 Å². The highest BCUT2D eigenvalue weighted by atomic mass is 16.2. The molecule has 0 saturated heterocycles. The van der Waals surface area contributed by atoms with Gasteiger partial charge in [0, 0.05) is 26.4 Å². The number of carbonyl (C=O) groups excluding carboxylic acids is 1. The van der Waals surface area contributed by atoms with Gasteiger partial charge in [0.1, 0.15) is 5.69 Å². The van der Waals surface area contributed by atoms with Gasteiger partial charge in [0.25, 0.3) is 5.91 Å². The van der Waals surface area contributed by atoms with Crippen LogP contribution in [0.5, 0.6) is 0 Å². The molecule has 0 fully saturated rings. The molecule has 1 aromatic heterocycles. The number of amides is 1. The minimum Gasteiger partial charge on any atom is -0.343 e. The molecule has 0 unspecified atom stereocenters. The summed E-state index contributed by atoms with van der Waals surface area (Å²) < 4.78 is 0. The van der Waals surface area contributed by atoms with Gasteiger partial charge >= 0.3 is 0 Å². The van der Waals surface area contributed by atoms with Crippen molar-refractivity contribution in [2.75, 3.05) is 14.1 Å². The zero-order valence-electron chi connectivity index (χ0n) is 6.53. The standard InChI is InChI=1S/C8H9N2O/c1-10(2)8(11)7-5-3-4-6-9-7/h3-4,6H,1-2H3. The highest BCUT2D eigenvalue weighted by molar-refractivity contribution is 5.91. The smallest absolute Gasteiger partial charge is 0.272 e. The van der Waals surface area contributed by atoms with Gasteiger partial charge in [0.05, 0.1) is 0 Å². The fraction of sp³-hybridized carbons (Fsp3) is 0.250. The molecule has 0 N–H and O–H groups in total. The van der Waals surface area contributed by atoms with E-state index in [1.807, 2.05) is 0 Å². The maximum Gasteiger partial charge on any atom is 0.272 e. The van der Waals surface area contributed by atoms with Crippen LogP contribution in [0.1, 0.15) is 10.5 Å². The lowest BCUT2D eigenvalue weighted by molar-refractivity contribution is 0.0821. The Morgan fingerprint density at radius 2 is 2.36 bits per heavy atom. The van der Waals surface area contributed by atoms with Gasteiger partial charge in [-0.05, 0) is 6.07 Å². The molecule has 3 heteroatoms. The van der Waals surface area contributed by atoms with Crippen LogP contribution in [0.15, 0.2) is 18.3 Å².